The third kappa shape index (κ3) is 4.72. The maximum Gasteiger partial charge on any atom is 0.244 e. The number of hydrogen-bond acceptors (Lipinski definition) is 3. The summed E-state index contributed by atoms with van der Waals surface area (Å²) in [6.07, 6.45) is 0. The highest BCUT2D eigenvalue weighted by Crippen LogP contribution is 2.23. The Kier molecular flexibility index (Phi) is 7.27. The fourth-order valence-electron chi connectivity index (χ4n) is 2.25. The molecule has 3 N–H and O–H groups in total. The van der Waals surface area contributed by atoms with Gasteiger partial charge in [0.1, 0.15) is 11.3 Å². The second kappa shape index (κ2) is 8.51. The van der Waals surface area contributed by atoms with Crippen LogP contribution in [-0.4, -0.2) is 13.0 Å². The molecule has 0 bridgehead atoms. The number of rotatable bonds is 5. The van der Waals surface area contributed by atoms with Crippen molar-refractivity contribution in [1.82, 2.24) is 5.32 Å². The molecular formula is C18H22BrClN2O2. The van der Waals surface area contributed by atoms with E-state index in [1.54, 1.807) is 14.0 Å². The van der Waals surface area contributed by atoms with Gasteiger partial charge in [-0.25, -0.2) is 0 Å². The fraction of sp³-hybridized carbons (Fsp3) is 0.278. The molecule has 0 aliphatic heterocycles. The molecule has 0 heterocycles. The Hall–Kier alpha value is -1.56. The van der Waals surface area contributed by atoms with Gasteiger partial charge >= 0.3 is 0 Å². The quantitative estimate of drug-likeness (QED) is 0.780. The zero-order valence-electron chi connectivity index (χ0n) is 13.9. The van der Waals surface area contributed by atoms with Crippen LogP contribution in [0.2, 0.25) is 0 Å². The van der Waals surface area contributed by atoms with Crippen LogP contribution in [0.25, 0.3) is 0 Å². The molecule has 0 aromatic heterocycles. The van der Waals surface area contributed by atoms with Crippen LogP contribution in [0.3, 0.4) is 0 Å². The number of methoxy groups -OCH3 is 1. The third-order valence-electron chi connectivity index (χ3n) is 3.88. The lowest BCUT2D eigenvalue weighted by Gasteiger charge is -2.26. The average molecular weight is 414 g/mol. The molecule has 0 saturated carbocycles. The van der Waals surface area contributed by atoms with Gasteiger partial charge in [0.05, 0.1) is 13.2 Å². The lowest BCUT2D eigenvalue weighted by Crippen LogP contribution is -2.49. The van der Waals surface area contributed by atoms with Crippen LogP contribution in [0.1, 0.15) is 31.0 Å². The molecule has 0 spiro atoms. The average Bonchev–Trinajstić information content (AvgIpc) is 2.55. The van der Waals surface area contributed by atoms with Gasteiger partial charge in [0.25, 0.3) is 0 Å². The Morgan fingerprint density at radius 2 is 1.71 bits per heavy atom. The van der Waals surface area contributed by atoms with Crippen LogP contribution in [0.5, 0.6) is 5.75 Å². The number of hydrogen-bond donors (Lipinski definition) is 2. The van der Waals surface area contributed by atoms with Crippen molar-refractivity contribution in [1.29, 1.82) is 0 Å². The predicted octanol–water partition coefficient (Wildman–Crippen LogP) is 3.93. The van der Waals surface area contributed by atoms with Gasteiger partial charge in [-0.15, -0.1) is 12.4 Å². The summed E-state index contributed by atoms with van der Waals surface area (Å²) in [4.78, 5) is 12.6. The first-order chi connectivity index (χ1) is 10.8. The number of nitrogens with one attached hydrogen (secondary N) is 1. The Balaban J connectivity index is 0.00000288. The number of benzene rings is 2. The number of carbonyl (C=O) groups is 1. The summed E-state index contributed by atoms with van der Waals surface area (Å²) >= 11 is 3.38. The Morgan fingerprint density at radius 3 is 2.21 bits per heavy atom. The van der Waals surface area contributed by atoms with Crippen molar-refractivity contribution in [3.8, 4) is 5.75 Å². The molecule has 0 fully saturated rings. The number of nitrogens with two attached hydrogens (primary N) is 1. The van der Waals surface area contributed by atoms with Crippen LogP contribution < -0.4 is 15.8 Å². The summed E-state index contributed by atoms with van der Waals surface area (Å²) < 4.78 is 6.09. The van der Waals surface area contributed by atoms with E-state index in [2.05, 4.69) is 21.2 Å². The van der Waals surface area contributed by atoms with Crippen molar-refractivity contribution in [2.24, 2.45) is 5.73 Å². The van der Waals surface area contributed by atoms with Crippen molar-refractivity contribution >= 4 is 34.2 Å². The number of carbonyl (C=O) groups excluding carboxylic acids is 1. The summed E-state index contributed by atoms with van der Waals surface area (Å²) in [6.45, 7) is 3.64. The van der Waals surface area contributed by atoms with Crippen molar-refractivity contribution < 1.29 is 9.53 Å². The summed E-state index contributed by atoms with van der Waals surface area (Å²) in [7, 11) is 1.62. The van der Waals surface area contributed by atoms with Gasteiger partial charge < -0.3 is 15.8 Å². The van der Waals surface area contributed by atoms with Crippen molar-refractivity contribution in [3.05, 3.63) is 64.1 Å². The molecule has 2 rings (SSSR count). The largest absolute Gasteiger partial charge is 0.497 e. The molecule has 0 aliphatic carbocycles. The molecule has 6 heteroatoms. The Bertz CT molecular complexity index is 672. The monoisotopic (exact) mass is 412 g/mol. The Labute approximate surface area is 157 Å². The molecular weight excluding hydrogens is 392 g/mol. The van der Waals surface area contributed by atoms with Gasteiger partial charge in [-0.1, -0.05) is 40.2 Å². The van der Waals surface area contributed by atoms with E-state index in [0.29, 0.717) is 0 Å². The van der Waals surface area contributed by atoms with Gasteiger partial charge in [-0.3, -0.25) is 4.79 Å². The first-order valence-corrected chi connectivity index (χ1v) is 8.13. The predicted molar refractivity (Wildman–Crippen MR) is 102 cm³/mol. The minimum atomic E-state index is -1.10. The molecule has 0 aliphatic rings. The lowest BCUT2D eigenvalue weighted by atomic mass is 9.91. The SMILES string of the molecule is COc1ccc(C(C)NC(=O)C(C)(N)c2ccc(Br)cc2)cc1.Cl. The summed E-state index contributed by atoms with van der Waals surface area (Å²) in [6, 6.07) is 14.9. The third-order valence-corrected chi connectivity index (χ3v) is 4.41. The molecule has 4 nitrogen and oxygen atoms in total. The van der Waals surface area contributed by atoms with Gasteiger partial charge in [0, 0.05) is 4.47 Å². The van der Waals surface area contributed by atoms with Crippen LogP contribution in [-0.2, 0) is 10.3 Å². The molecule has 2 atom stereocenters. The van der Waals surface area contributed by atoms with E-state index < -0.39 is 5.54 Å². The normalized spacial score (nSPS) is 14.0. The maximum atomic E-state index is 12.6. The molecule has 2 unspecified atom stereocenters. The number of ether oxygens (including phenoxy) is 1. The second-order valence-electron chi connectivity index (χ2n) is 5.68. The van der Waals surface area contributed by atoms with Gasteiger partial charge in [0.2, 0.25) is 5.91 Å². The zero-order chi connectivity index (χ0) is 17.0. The first kappa shape index (κ1) is 20.5. The van der Waals surface area contributed by atoms with Crippen molar-refractivity contribution in [2.45, 2.75) is 25.4 Å². The molecule has 0 radical (unpaired) electrons. The van der Waals surface area contributed by atoms with Crippen LogP contribution in [0, 0.1) is 0 Å². The zero-order valence-corrected chi connectivity index (χ0v) is 16.3. The van der Waals surface area contributed by atoms with Gasteiger partial charge in [-0.2, -0.15) is 0 Å². The minimum Gasteiger partial charge on any atom is -0.497 e. The fourth-order valence-corrected chi connectivity index (χ4v) is 2.51. The van der Waals surface area contributed by atoms with Crippen LogP contribution in [0.4, 0.5) is 0 Å². The first-order valence-electron chi connectivity index (χ1n) is 7.34. The summed E-state index contributed by atoms with van der Waals surface area (Å²) in [5.41, 5.74) is 6.92. The number of amides is 1. The molecule has 1 amide bonds. The van der Waals surface area contributed by atoms with E-state index in [0.717, 1.165) is 21.3 Å². The van der Waals surface area contributed by atoms with E-state index in [4.69, 9.17) is 10.5 Å². The molecule has 2 aromatic rings. The van der Waals surface area contributed by atoms with Crippen LogP contribution in [0.15, 0.2) is 53.0 Å². The maximum absolute atomic E-state index is 12.6. The minimum absolute atomic E-state index is 0. The topological polar surface area (TPSA) is 64.3 Å². The van der Waals surface area contributed by atoms with E-state index in [1.165, 1.54) is 0 Å². The van der Waals surface area contributed by atoms with Crippen LogP contribution >= 0.6 is 28.3 Å². The smallest absolute Gasteiger partial charge is 0.244 e. The number of halogens is 2. The van der Waals surface area contributed by atoms with E-state index in [1.807, 2.05) is 55.5 Å². The highest BCUT2D eigenvalue weighted by atomic mass is 79.9. The molecule has 2 aromatic carbocycles. The molecule has 0 saturated heterocycles. The molecule has 24 heavy (non-hydrogen) atoms. The highest BCUT2D eigenvalue weighted by Gasteiger charge is 2.31. The second-order valence-corrected chi connectivity index (χ2v) is 6.59. The van der Waals surface area contributed by atoms with E-state index >= 15 is 0 Å². The van der Waals surface area contributed by atoms with Crippen molar-refractivity contribution in [3.63, 3.8) is 0 Å². The van der Waals surface area contributed by atoms with E-state index in [9.17, 15) is 4.79 Å². The lowest BCUT2D eigenvalue weighted by molar-refractivity contribution is -0.126. The molecule has 130 valence electrons. The Morgan fingerprint density at radius 1 is 1.17 bits per heavy atom. The summed E-state index contributed by atoms with van der Waals surface area (Å²) in [5.74, 6) is 0.564. The van der Waals surface area contributed by atoms with Gasteiger partial charge in [0.15, 0.2) is 0 Å². The standard InChI is InChI=1S/C18H21BrN2O2.ClH/c1-12(13-4-10-16(23-3)11-5-13)21-17(22)18(2,20)14-6-8-15(19)9-7-14;/h4-12H,20H2,1-3H3,(H,21,22);1H. The van der Waals surface area contributed by atoms with Gasteiger partial charge in [-0.05, 0) is 49.2 Å². The summed E-state index contributed by atoms with van der Waals surface area (Å²) in [5, 5.41) is 2.97. The highest BCUT2D eigenvalue weighted by molar-refractivity contribution is 9.10. The van der Waals surface area contributed by atoms with E-state index in [-0.39, 0.29) is 24.4 Å². The van der Waals surface area contributed by atoms with Crippen molar-refractivity contribution in [2.75, 3.05) is 7.11 Å².